The molecule has 10 heteroatoms. The zero-order chi connectivity index (χ0) is 28.6. The van der Waals surface area contributed by atoms with Crippen molar-refractivity contribution in [1.29, 1.82) is 0 Å². The predicted molar refractivity (Wildman–Crippen MR) is 159 cm³/mol. The molecule has 0 unspecified atom stereocenters. The van der Waals surface area contributed by atoms with Crippen LogP contribution in [0, 0.1) is 12.8 Å². The molecule has 8 nitrogen and oxygen atoms in total. The highest BCUT2D eigenvalue weighted by atomic mass is 35.5. The van der Waals surface area contributed by atoms with E-state index in [1.54, 1.807) is 36.5 Å². The first kappa shape index (κ1) is 27.4. The summed E-state index contributed by atoms with van der Waals surface area (Å²) >= 11 is 12.4. The molecule has 40 heavy (non-hydrogen) atoms. The molecule has 0 radical (unpaired) electrons. The Morgan fingerprint density at radius 3 is 2.58 bits per heavy atom. The Morgan fingerprint density at radius 2 is 1.93 bits per heavy atom. The Balaban J connectivity index is 1.55. The van der Waals surface area contributed by atoms with E-state index in [0.717, 1.165) is 16.8 Å². The van der Waals surface area contributed by atoms with E-state index in [4.69, 9.17) is 28.2 Å². The van der Waals surface area contributed by atoms with Crippen molar-refractivity contribution >= 4 is 52.2 Å². The summed E-state index contributed by atoms with van der Waals surface area (Å²) in [4.78, 5) is 30.1. The number of carboxylic acids is 1. The number of carboxylic acid groups (broad SMARTS) is 1. The third-order valence-corrected chi connectivity index (χ3v) is 7.40. The van der Waals surface area contributed by atoms with Crippen LogP contribution in [0.1, 0.15) is 53.3 Å². The second kappa shape index (κ2) is 11.1. The minimum atomic E-state index is -0.984. The van der Waals surface area contributed by atoms with E-state index in [1.807, 2.05) is 62.1 Å². The molecule has 0 bridgehead atoms. The van der Waals surface area contributed by atoms with Crippen LogP contribution in [0.4, 0.5) is 11.4 Å². The second-order valence-corrected chi connectivity index (χ2v) is 10.6. The standard InChI is InChI=1S/C30H27ClN4O4S/c1-16(2)28(36)33-22-10-8-19(15-21(22)31)35-27(26(34-30(35)40)23-6-4-5-13-32-23)25-12-11-24(39-25)20-9-7-18(29(37)38)14-17(20)3/h4-16,26-27H,1-3H3,(H,33,36)(H,34,40)(H,37,38)/t26-,27-/m1/s1. The van der Waals surface area contributed by atoms with E-state index >= 15 is 0 Å². The SMILES string of the molecule is Cc1cc(C(=O)O)ccc1-c1ccc([C@@H]2[C@@H](c3ccccn3)NC(=S)N2c2ccc(NC(=O)C(C)C)c(Cl)c2)o1. The van der Waals surface area contributed by atoms with Crippen LogP contribution in [-0.2, 0) is 4.79 Å². The summed E-state index contributed by atoms with van der Waals surface area (Å²) in [6.07, 6.45) is 1.73. The van der Waals surface area contributed by atoms with E-state index < -0.39 is 12.0 Å². The molecule has 3 heterocycles. The van der Waals surface area contributed by atoms with Crippen LogP contribution >= 0.6 is 23.8 Å². The largest absolute Gasteiger partial charge is 0.478 e. The molecule has 0 spiro atoms. The molecule has 1 aliphatic rings. The van der Waals surface area contributed by atoms with Gasteiger partial charge >= 0.3 is 5.97 Å². The number of pyridine rings is 1. The Kier molecular flexibility index (Phi) is 7.60. The fourth-order valence-electron chi connectivity index (χ4n) is 4.68. The molecule has 4 aromatic rings. The molecule has 0 saturated carbocycles. The average Bonchev–Trinajstić information content (AvgIpc) is 3.54. The maximum atomic E-state index is 12.2. The van der Waals surface area contributed by atoms with Crippen molar-refractivity contribution in [3.8, 4) is 11.3 Å². The van der Waals surface area contributed by atoms with Crippen molar-refractivity contribution in [2.24, 2.45) is 5.92 Å². The van der Waals surface area contributed by atoms with E-state index in [0.29, 0.717) is 33.0 Å². The van der Waals surface area contributed by atoms with Crippen LogP contribution in [0.15, 0.2) is 77.3 Å². The Bertz CT molecular complexity index is 1600. The molecule has 1 fully saturated rings. The first-order valence-electron chi connectivity index (χ1n) is 12.7. The number of nitrogens with one attached hydrogen (secondary N) is 2. The van der Waals surface area contributed by atoms with Crippen LogP contribution in [0.3, 0.4) is 0 Å². The van der Waals surface area contributed by atoms with E-state index in [1.165, 1.54) is 0 Å². The molecule has 0 aliphatic carbocycles. The van der Waals surface area contributed by atoms with Gasteiger partial charge in [-0.25, -0.2) is 4.79 Å². The lowest BCUT2D eigenvalue weighted by Gasteiger charge is -2.26. The summed E-state index contributed by atoms with van der Waals surface area (Å²) in [5.74, 6) is -0.0648. The predicted octanol–water partition coefficient (Wildman–Crippen LogP) is 6.77. The number of anilines is 2. The molecular weight excluding hydrogens is 548 g/mol. The van der Waals surface area contributed by atoms with Crippen LogP contribution in [-0.4, -0.2) is 27.1 Å². The lowest BCUT2D eigenvalue weighted by molar-refractivity contribution is -0.118. The average molecular weight is 575 g/mol. The normalized spacial score (nSPS) is 16.7. The topological polar surface area (TPSA) is 108 Å². The fraction of sp³-hybridized carbons (Fsp3) is 0.200. The number of furan rings is 1. The molecule has 1 amide bonds. The molecule has 2 aromatic carbocycles. The van der Waals surface area contributed by atoms with E-state index in [-0.39, 0.29) is 23.4 Å². The number of amides is 1. The van der Waals surface area contributed by atoms with Crippen LogP contribution in [0.2, 0.25) is 5.02 Å². The van der Waals surface area contributed by atoms with Crippen molar-refractivity contribution < 1.29 is 19.1 Å². The third kappa shape index (κ3) is 5.30. The number of nitrogens with zero attached hydrogens (tertiary/aromatic N) is 2. The van der Waals surface area contributed by atoms with Crippen LogP contribution < -0.4 is 15.5 Å². The van der Waals surface area contributed by atoms with Gasteiger partial charge in [-0.1, -0.05) is 37.6 Å². The van der Waals surface area contributed by atoms with Gasteiger partial charge in [0.15, 0.2) is 5.11 Å². The molecule has 5 rings (SSSR count). The summed E-state index contributed by atoms with van der Waals surface area (Å²) in [6, 6.07) is 19.0. The van der Waals surface area contributed by atoms with Gasteiger partial charge in [-0.05, 0) is 79.3 Å². The summed E-state index contributed by atoms with van der Waals surface area (Å²) in [5.41, 5.74) is 3.80. The zero-order valence-corrected chi connectivity index (χ0v) is 23.6. The summed E-state index contributed by atoms with van der Waals surface area (Å²) in [5, 5.41) is 16.4. The molecule has 204 valence electrons. The van der Waals surface area contributed by atoms with Crippen LogP contribution in [0.5, 0.6) is 0 Å². The fourth-order valence-corrected chi connectivity index (χ4v) is 5.25. The summed E-state index contributed by atoms with van der Waals surface area (Å²) < 4.78 is 6.41. The summed E-state index contributed by atoms with van der Waals surface area (Å²) in [7, 11) is 0. The number of aryl methyl sites for hydroxylation is 1. The monoisotopic (exact) mass is 574 g/mol. The number of aromatic carboxylic acids is 1. The third-order valence-electron chi connectivity index (χ3n) is 6.77. The number of carbonyl (C=O) groups is 2. The Hall–Kier alpha value is -4.21. The number of halogens is 1. The smallest absolute Gasteiger partial charge is 0.335 e. The lowest BCUT2D eigenvalue weighted by atomic mass is 10.0. The first-order valence-corrected chi connectivity index (χ1v) is 13.5. The van der Waals surface area contributed by atoms with Crippen molar-refractivity contribution in [2.45, 2.75) is 32.9 Å². The second-order valence-electron chi connectivity index (χ2n) is 9.84. The number of hydrogen-bond acceptors (Lipinski definition) is 5. The highest BCUT2D eigenvalue weighted by Gasteiger charge is 2.42. The molecule has 1 saturated heterocycles. The highest BCUT2D eigenvalue weighted by molar-refractivity contribution is 7.80. The highest BCUT2D eigenvalue weighted by Crippen LogP contribution is 2.44. The van der Waals surface area contributed by atoms with Crippen molar-refractivity contribution in [3.05, 3.63) is 101 Å². The van der Waals surface area contributed by atoms with E-state index in [9.17, 15) is 14.7 Å². The lowest BCUT2D eigenvalue weighted by Crippen LogP contribution is -2.29. The van der Waals surface area contributed by atoms with Crippen molar-refractivity contribution in [1.82, 2.24) is 10.3 Å². The van der Waals surface area contributed by atoms with Crippen molar-refractivity contribution in [2.75, 3.05) is 10.2 Å². The Labute approximate surface area is 242 Å². The van der Waals surface area contributed by atoms with Gasteiger partial charge in [0.05, 0.1) is 28.0 Å². The van der Waals surface area contributed by atoms with Gasteiger partial charge in [-0.3, -0.25) is 9.78 Å². The van der Waals surface area contributed by atoms with Gasteiger partial charge in [0.25, 0.3) is 0 Å². The van der Waals surface area contributed by atoms with Crippen molar-refractivity contribution in [3.63, 3.8) is 0 Å². The minimum Gasteiger partial charge on any atom is -0.478 e. The quantitative estimate of drug-likeness (QED) is 0.207. The summed E-state index contributed by atoms with van der Waals surface area (Å²) in [6.45, 7) is 5.47. The Morgan fingerprint density at radius 1 is 1.12 bits per heavy atom. The molecule has 2 atom stereocenters. The number of benzene rings is 2. The number of aromatic nitrogens is 1. The maximum absolute atomic E-state index is 12.2. The van der Waals surface area contributed by atoms with Gasteiger partial charge in [0, 0.05) is 23.4 Å². The van der Waals surface area contributed by atoms with Crippen LogP contribution in [0.25, 0.3) is 11.3 Å². The first-order chi connectivity index (χ1) is 19.1. The van der Waals surface area contributed by atoms with Gasteiger partial charge < -0.3 is 25.1 Å². The number of thiocarbonyl (C=S) groups is 1. The number of rotatable bonds is 7. The van der Waals surface area contributed by atoms with Gasteiger partial charge in [-0.15, -0.1) is 0 Å². The zero-order valence-electron chi connectivity index (χ0n) is 22.0. The van der Waals surface area contributed by atoms with Gasteiger partial charge in [0.2, 0.25) is 5.91 Å². The molecule has 1 aliphatic heterocycles. The van der Waals surface area contributed by atoms with Gasteiger partial charge in [-0.2, -0.15) is 0 Å². The molecule has 3 N–H and O–H groups in total. The molecule has 2 aromatic heterocycles. The number of carbonyl (C=O) groups excluding carboxylic acids is 1. The van der Waals surface area contributed by atoms with E-state index in [2.05, 4.69) is 15.6 Å². The maximum Gasteiger partial charge on any atom is 0.335 e. The molecular formula is C30H27ClN4O4S. The van der Waals surface area contributed by atoms with Gasteiger partial charge in [0.1, 0.15) is 17.6 Å². The number of hydrogen-bond donors (Lipinski definition) is 3. The minimum absolute atomic E-state index is 0.129.